The van der Waals surface area contributed by atoms with Crippen LogP contribution in [0.5, 0.6) is 0 Å². The molecule has 0 aliphatic carbocycles. The van der Waals surface area contributed by atoms with Gasteiger partial charge in [-0.2, -0.15) is 0 Å². The van der Waals surface area contributed by atoms with Gasteiger partial charge in [0.05, 0.1) is 11.4 Å². The molecule has 0 bridgehead atoms. The Balaban J connectivity index is 1.86. The Hall–Kier alpha value is -0.680. The number of rotatable bonds is 3. The van der Waals surface area contributed by atoms with Crippen LogP contribution in [0.4, 0.5) is 0 Å². The maximum atomic E-state index is 11.6. The van der Waals surface area contributed by atoms with E-state index >= 15 is 0 Å². The minimum atomic E-state index is -0.0232. The lowest BCUT2D eigenvalue weighted by Gasteiger charge is -2.32. The largest absolute Gasteiger partial charge is 0.393 e. The van der Waals surface area contributed by atoms with Crippen molar-refractivity contribution < 1.29 is 4.79 Å². The minimum Gasteiger partial charge on any atom is -0.393 e. The first-order chi connectivity index (χ1) is 7.66. The van der Waals surface area contributed by atoms with E-state index in [0.717, 1.165) is 13.0 Å². The van der Waals surface area contributed by atoms with Crippen LogP contribution in [0.3, 0.4) is 0 Å². The molecule has 0 saturated carbocycles. The summed E-state index contributed by atoms with van der Waals surface area (Å²) >= 11 is 4.73. The molecule has 0 aromatic carbocycles. The van der Waals surface area contributed by atoms with Crippen molar-refractivity contribution in [2.24, 2.45) is 5.73 Å². The quantitative estimate of drug-likeness (QED) is 0.703. The molecule has 2 heterocycles. The van der Waals surface area contributed by atoms with Gasteiger partial charge >= 0.3 is 0 Å². The molecule has 0 aromatic heterocycles. The number of nitrogens with two attached hydrogens (primary N) is 1. The maximum Gasteiger partial charge on any atom is 0.227 e. The highest BCUT2D eigenvalue weighted by Gasteiger charge is 2.35. The van der Waals surface area contributed by atoms with Crippen molar-refractivity contribution >= 4 is 23.1 Å². The molecular weight excluding hydrogens is 222 g/mol. The third kappa shape index (κ3) is 2.71. The molecule has 2 atom stereocenters. The maximum absolute atomic E-state index is 11.6. The van der Waals surface area contributed by atoms with Gasteiger partial charge in [-0.3, -0.25) is 9.69 Å². The van der Waals surface area contributed by atoms with Crippen LogP contribution in [-0.2, 0) is 4.79 Å². The molecule has 2 aliphatic rings. The van der Waals surface area contributed by atoms with E-state index in [-0.39, 0.29) is 17.3 Å². The lowest BCUT2D eigenvalue weighted by Crippen LogP contribution is -2.47. The Morgan fingerprint density at radius 2 is 2.19 bits per heavy atom. The van der Waals surface area contributed by atoms with E-state index < -0.39 is 0 Å². The summed E-state index contributed by atoms with van der Waals surface area (Å²) in [6.07, 6.45) is 5.03. The molecule has 2 unspecified atom stereocenters. The zero-order valence-corrected chi connectivity index (χ0v) is 10.3. The molecule has 90 valence electrons. The molecular formula is C11H19N3OS. The molecule has 16 heavy (non-hydrogen) atoms. The van der Waals surface area contributed by atoms with Gasteiger partial charge in [-0.25, -0.2) is 0 Å². The van der Waals surface area contributed by atoms with Crippen LogP contribution < -0.4 is 11.1 Å². The number of nitrogens with zero attached hydrogens (tertiary/aromatic N) is 1. The zero-order chi connectivity index (χ0) is 11.5. The number of thiocarbonyl (C=S) groups is 1. The van der Waals surface area contributed by atoms with Crippen molar-refractivity contribution in [2.45, 2.75) is 44.2 Å². The van der Waals surface area contributed by atoms with Crippen molar-refractivity contribution in [1.82, 2.24) is 10.2 Å². The lowest BCUT2D eigenvalue weighted by atomic mass is 9.99. The Bertz CT molecular complexity index is 295. The number of hydrogen-bond donors (Lipinski definition) is 2. The molecule has 3 N–H and O–H groups in total. The van der Waals surface area contributed by atoms with E-state index in [1.807, 2.05) is 0 Å². The van der Waals surface area contributed by atoms with Gasteiger partial charge in [-0.05, 0) is 25.8 Å². The van der Waals surface area contributed by atoms with Gasteiger partial charge in [0.1, 0.15) is 0 Å². The first-order valence-electron chi connectivity index (χ1n) is 5.98. The topological polar surface area (TPSA) is 58.4 Å². The van der Waals surface area contributed by atoms with Crippen LogP contribution in [0, 0.1) is 0 Å². The van der Waals surface area contributed by atoms with Gasteiger partial charge in [0.25, 0.3) is 0 Å². The number of hydrogen-bond acceptors (Lipinski definition) is 3. The first-order valence-corrected chi connectivity index (χ1v) is 6.39. The normalized spacial score (nSPS) is 29.8. The number of carbonyl (C=O) groups excluding carboxylic acids is 1. The molecule has 2 rings (SSSR count). The first kappa shape index (κ1) is 11.8. The van der Waals surface area contributed by atoms with E-state index in [9.17, 15) is 4.79 Å². The molecule has 0 aromatic rings. The third-order valence-corrected chi connectivity index (χ3v) is 3.68. The molecule has 0 spiro atoms. The van der Waals surface area contributed by atoms with E-state index in [2.05, 4.69) is 10.2 Å². The van der Waals surface area contributed by atoms with Gasteiger partial charge in [0, 0.05) is 18.6 Å². The molecule has 0 radical (unpaired) electrons. The third-order valence-electron chi connectivity index (χ3n) is 3.54. The molecule has 2 saturated heterocycles. The smallest absolute Gasteiger partial charge is 0.227 e. The predicted octanol–water partition coefficient (Wildman–Crippen LogP) is 0.406. The summed E-state index contributed by atoms with van der Waals surface area (Å²) in [5.74, 6) is -0.0232. The van der Waals surface area contributed by atoms with Gasteiger partial charge in [-0.15, -0.1) is 0 Å². The number of nitrogens with one attached hydrogen (secondary N) is 1. The second kappa shape index (κ2) is 5.10. The highest BCUT2D eigenvalue weighted by atomic mass is 32.1. The van der Waals surface area contributed by atoms with Crippen LogP contribution in [0.1, 0.15) is 32.1 Å². The van der Waals surface area contributed by atoms with Crippen molar-refractivity contribution in [3.63, 3.8) is 0 Å². The fraction of sp³-hybridized carbons (Fsp3) is 0.818. The van der Waals surface area contributed by atoms with Crippen LogP contribution in [0.15, 0.2) is 0 Å². The lowest BCUT2D eigenvalue weighted by molar-refractivity contribution is -0.120. The highest BCUT2D eigenvalue weighted by Crippen LogP contribution is 2.27. The minimum absolute atomic E-state index is 0.0232. The fourth-order valence-corrected chi connectivity index (χ4v) is 2.96. The van der Waals surface area contributed by atoms with Crippen LogP contribution in [-0.4, -0.2) is 41.0 Å². The average molecular weight is 241 g/mol. The molecule has 4 nitrogen and oxygen atoms in total. The van der Waals surface area contributed by atoms with Gasteiger partial charge in [0.15, 0.2) is 0 Å². The van der Waals surface area contributed by atoms with Crippen LogP contribution in [0.2, 0.25) is 0 Å². The molecule has 2 aliphatic heterocycles. The summed E-state index contributed by atoms with van der Waals surface area (Å²) in [6.45, 7) is 2.30. The molecule has 1 amide bonds. The molecule has 2 fully saturated rings. The monoisotopic (exact) mass is 241 g/mol. The standard InChI is InChI=1S/C11H19N3OS/c12-10(16)7-11(15)13-8-4-6-14-5-2-1-3-9(8)14/h8-9H,1-7H2,(H2,12,16)(H,13,15). The van der Waals surface area contributed by atoms with Gasteiger partial charge < -0.3 is 11.1 Å². The van der Waals surface area contributed by atoms with E-state index in [0.29, 0.717) is 12.1 Å². The van der Waals surface area contributed by atoms with Gasteiger partial charge in [0.2, 0.25) is 5.91 Å². The van der Waals surface area contributed by atoms with Crippen molar-refractivity contribution in [1.29, 1.82) is 0 Å². The Morgan fingerprint density at radius 1 is 1.38 bits per heavy atom. The fourth-order valence-electron chi connectivity index (χ4n) is 2.83. The van der Waals surface area contributed by atoms with E-state index in [4.69, 9.17) is 18.0 Å². The summed E-state index contributed by atoms with van der Waals surface area (Å²) < 4.78 is 0. The number of amides is 1. The Kier molecular flexibility index (Phi) is 3.76. The highest BCUT2D eigenvalue weighted by molar-refractivity contribution is 7.80. The van der Waals surface area contributed by atoms with Crippen molar-refractivity contribution in [3.05, 3.63) is 0 Å². The zero-order valence-electron chi connectivity index (χ0n) is 9.45. The second-order valence-corrected chi connectivity index (χ2v) is 5.23. The summed E-state index contributed by atoms with van der Waals surface area (Å²) in [7, 11) is 0. The summed E-state index contributed by atoms with van der Waals surface area (Å²) in [6, 6.07) is 0.853. The Morgan fingerprint density at radius 3 is 2.94 bits per heavy atom. The van der Waals surface area contributed by atoms with Crippen molar-refractivity contribution in [3.8, 4) is 0 Å². The average Bonchev–Trinajstić information content (AvgIpc) is 2.61. The molecule has 5 heteroatoms. The second-order valence-electron chi connectivity index (χ2n) is 4.70. The van der Waals surface area contributed by atoms with Gasteiger partial charge in [-0.1, -0.05) is 18.6 Å². The Labute approximate surface area is 102 Å². The van der Waals surface area contributed by atoms with E-state index in [1.54, 1.807) is 0 Å². The number of fused-ring (bicyclic) bond motifs is 1. The summed E-state index contributed by atoms with van der Waals surface area (Å²) in [4.78, 5) is 14.4. The predicted molar refractivity (Wildman–Crippen MR) is 67.2 cm³/mol. The van der Waals surface area contributed by atoms with Crippen LogP contribution in [0.25, 0.3) is 0 Å². The number of carbonyl (C=O) groups is 1. The van der Waals surface area contributed by atoms with E-state index in [1.165, 1.54) is 25.8 Å². The SMILES string of the molecule is NC(=S)CC(=O)NC1CCN2CCCCC12. The summed E-state index contributed by atoms with van der Waals surface area (Å²) in [5.41, 5.74) is 5.36. The summed E-state index contributed by atoms with van der Waals surface area (Å²) in [5, 5.41) is 3.06. The van der Waals surface area contributed by atoms with Crippen LogP contribution >= 0.6 is 12.2 Å². The van der Waals surface area contributed by atoms with Crippen molar-refractivity contribution in [2.75, 3.05) is 13.1 Å². The number of piperidine rings is 1.